The van der Waals surface area contributed by atoms with E-state index in [1.807, 2.05) is 24.3 Å². The topological polar surface area (TPSA) is 29.1 Å². The summed E-state index contributed by atoms with van der Waals surface area (Å²) in [6, 6.07) is 7.52. The zero-order valence-corrected chi connectivity index (χ0v) is 11.5. The lowest BCUT2D eigenvalue weighted by atomic mass is 9.98. The van der Waals surface area contributed by atoms with Crippen molar-refractivity contribution in [2.75, 3.05) is 5.32 Å². The molecule has 2 nitrogen and oxygen atoms in total. The molecule has 0 aromatic heterocycles. The summed E-state index contributed by atoms with van der Waals surface area (Å²) in [7, 11) is 0. The summed E-state index contributed by atoms with van der Waals surface area (Å²) < 4.78 is 0. The second kappa shape index (κ2) is 7.38. The van der Waals surface area contributed by atoms with Crippen molar-refractivity contribution in [2.24, 2.45) is 5.92 Å². The third-order valence-electron chi connectivity index (χ3n) is 2.90. The Morgan fingerprint density at radius 1 is 1.29 bits per heavy atom. The molecule has 1 atom stereocenters. The van der Waals surface area contributed by atoms with Crippen LogP contribution in [0.15, 0.2) is 29.2 Å². The lowest BCUT2D eigenvalue weighted by molar-refractivity contribution is -0.120. The number of hydrogen-bond acceptors (Lipinski definition) is 2. The molecule has 1 amide bonds. The van der Waals surface area contributed by atoms with Crippen LogP contribution in [0.4, 0.5) is 5.69 Å². The highest BCUT2D eigenvalue weighted by molar-refractivity contribution is 7.80. The Balaban J connectivity index is 2.54. The maximum atomic E-state index is 12.0. The van der Waals surface area contributed by atoms with Gasteiger partial charge in [0.05, 0.1) is 0 Å². The first kappa shape index (κ1) is 14.1. The van der Waals surface area contributed by atoms with Crippen molar-refractivity contribution in [3.05, 3.63) is 24.3 Å². The number of rotatable bonds is 6. The maximum Gasteiger partial charge on any atom is 0.227 e. The standard InChI is InChI=1S/C14H21NOS/c1-3-5-6-11(4-2)14(16)15-12-7-9-13(17)10-8-12/h7-11,17H,3-6H2,1-2H3,(H,15,16)/t11-/m1/s1. The van der Waals surface area contributed by atoms with Gasteiger partial charge < -0.3 is 5.32 Å². The number of amides is 1. The number of anilines is 1. The number of benzene rings is 1. The van der Waals surface area contributed by atoms with Crippen LogP contribution in [-0.2, 0) is 4.79 Å². The molecule has 1 N–H and O–H groups in total. The van der Waals surface area contributed by atoms with Crippen molar-refractivity contribution < 1.29 is 4.79 Å². The van der Waals surface area contributed by atoms with E-state index in [9.17, 15) is 4.79 Å². The number of carbonyl (C=O) groups is 1. The fourth-order valence-corrected chi connectivity index (χ4v) is 1.91. The number of hydrogen-bond donors (Lipinski definition) is 2. The molecule has 0 saturated carbocycles. The van der Waals surface area contributed by atoms with Gasteiger partial charge in [-0.05, 0) is 37.1 Å². The molecular formula is C14H21NOS. The van der Waals surface area contributed by atoms with E-state index >= 15 is 0 Å². The number of thiol groups is 1. The maximum absolute atomic E-state index is 12.0. The summed E-state index contributed by atoms with van der Waals surface area (Å²) in [6.45, 7) is 4.22. The van der Waals surface area contributed by atoms with E-state index in [2.05, 4.69) is 31.8 Å². The molecule has 0 bridgehead atoms. The number of unbranched alkanes of at least 4 members (excludes halogenated alkanes) is 1. The Bertz CT molecular complexity index is 348. The average molecular weight is 251 g/mol. The van der Waals surface area contributed by atoms with Gasteiger partial charge in [-0.25, -0.2) is 0 Å². The van der Waals surface area contributed by atoms with Crippen molar-refractivity contribution >= 4 is 24.2 Å². The Hall–Kier alpha value is -0.960. The lowest BCUT2D eigenvalue weighted by Crippen LogP contribution is -2.22. The monoisotopic (exact) mass is 251 g/mol. The summed E-state index contributed by atoms with van der Waals surface area (Å²) >= 11 is 4.21. The Morgan fingerprint density at radius 2 is 1.94 bits per heavy atom. The van der Waals surface area contributed by atoms with E-state index in [4.69, 9.17) is 0 Å². The first-order valence-corrected chi connectivity index (χ1v) is 6.72. The van der Waals surface area contributed by atoms with Gasteiger partial charge in [-0.1, -0.05) is 26.7 Å². The second-order valence-corrected chi connectivity index (χ2v) is 4.80. The Morgan fingerprint density at radius 3 is 2.47 bits per heavy atom. The van der Waals surface area contributed by atoms with Gasteiger partial charge in [0.2, 0.25) is 5.91 Å². The fraction of sp³-hybridized carbons (Fsp3) is 0.500. The van der Waals surface area contributed by atoms with Crippen LogP contribution in [0, 0.1) is 5.92 Å². The van der Waals surface area contributed by atoms with Gasteiger partial charge in [0.15, 0.2) is 0 Å². The van der Waals surface area contributed by atoms with Crippen LogP contribution in [0.1, 0.15) is 39.5 Å². The van der Waals surface area contributed by atoms with Crippen LogP contribution in [0.25, 0.3) is 0 Å². The quantitative estimate of drug-likeness (QED) is 0.731. The van der Waals surface area contributed by atoms with Crippen LogP contribution in [0.3, 0.4) is 0 Å². The minimum absolute atomic E-state index is 0.130. The molecule has 1 aromatic rings. The molecule has 3 heteroatoms. The summed E-state index contributed by atoms with van der Waals surface area (Å²) in [5.74, 6) is 0.262. The van der Waals surface area contributed by atoms with Crippen LogP contribution in [0.2, 0.25) is 0 Å². The van der Waals surface area contributed by atoms with Gasteiger partial charge in [-0.2, -0.15) is 0 Å². The van der Waals surface area contributed by atoms with Crippen LogP contribution in [-0.4, -0.2) is 5.91 Å². The van der Waals surface area contributed by atoms with Crippen LogP contribution in [0.5, 0.6) is 0 Å². The molecule has 0 aliphatic carbocycles. The highest BCUT2D eigenvalue weighted by Crippen LogP contribution is 2.17. The summed E-state index contributed by atoms with van der Waals surface area (Å²) in [4.78, 5) is 12.9. The average Bonchev–Trinajstić information content (AvgIpc) is 2.33. The minimum Gasteiger partial charge on any atom is -0.326 e. The lowest BCUT2D eigenvalue weighted by Gasteiger charge is -2.14. The van der Waals surface area contributed by atoms with Gasteiger partial charge in [0.25, 0.3) is 0 Å². The largest absolute Gasteiger partial charge is 0.326 e. The number of carbonyl (C=O) groups excluding carboxylic acids is 1. The zero-order chi connectivity index (χ0) is 12.7. The van der Waals surface area contributed by atoms with Crippen molar-refractivity contribution in [1.82, 2.24) is 0 Å². The smallest absolute Gasteiger partial charge is 0.227 e. The number of nitrogens with one attached hydrogen (secondary N) is 1. The molecule has 0 heterocycles. The van der Waals surface area contributed by atoms with Crippen molar-refractivity contribution in [3.63, 3.8) is 0 Å². The third-order valence-corrected chi connectivity index (χ3v) is 3.20. The molecule has 1 aromatic carbocycles. The van der Waals surface area contributed by atoms with Crippen molar-refractivity contribution in [2.45, 2.75) is 44.4 Å². The second-order valence-electron chi connectivity index (χ2n) is 4.28. The Labute approximate surface area is 109 Å². The van der Waals surface area contributed by atoms with Gasteiger partial charge in [0.1, 0.15) is 0 Å². The summed E-state index contributed by atoms with van der Waals surface area (Å²) in [6.07, 6.45) is 4.12. The molecular weight excluding hydrogens is 230 g/mol. The third kappa shape index (κ3) is 4.82. The van der Waals surface area contributed by atoms with Crippen molar-refractivity contribution in [3.8, 4) is 0 Å². The SMILES string of the molecule is CCCC[C@@H](CC)C(=O)Nc1ccc(S)cc1. The highest BCUT2D eigenvalue weighted by atomic mass is 32.1. The van der Waals surface area contributed by atoms with E-state index < -0.39 is 0 Å². The fourth-order valence-electron chi connectivity index (χ4n) is 1.76. The van der Waals surface area contributed by atoms with Gasteiger partial charge in [-0.3, -0.25) is 4.79 Å². The highest BCUT2D eigenvalue weighted by Gasteiger charge is 2.15. The molecule has 0 aliphatic rings. The van der Waals surface area contributed by atoms with Crippen molar-refractivity contribution in [1.29, 1.82) is 0 Å². The van der Waals surface area contributed by atoms with E-state index in [0.717, 1.165) is 36.3 Å². The Kier molecular flexibility index (Phi) is 6.12. The molecule has 0 aliphatic heterocycles. The molecule has 1 rings (SSSR count). The predicted molar refractivity (Wildman–Crippen MR) is 75.6 cm³/mol. The van der Waals surface area contributed by atoms with Crippen LogP contribution < -0.4 is 5.32 Å². The zero-order valence-electron chi connectivity index (χ0n) is 10.6. The van der Waals surface area contributed by atoms with E-state index in [1.54, 1.807) is 0 Å². The first-order chi connectivity index (χ1) is 8.17. The summed E-state index contributed by atoms with van der Waals surface area (Å²) in [5.41, 5.74) is 0.850. The normalized spacial score (nSPS) is 12.2. The first-order valence-electron chi connectivity index (χ1n) is 6.27. The predicted octanol–water partition coefficient (Wildman–Crippen LogP) is 4.13. The molecule has 0 spiro atoms. The molecule has 0 fully saturated rings. The molecule has 0 radical (unpaired) electrons. The minimum atomic E-state index is 0.130. The molecule has 0 unspecified atom stereocenters. The van der Waals surface area contributed by atoms with E-state index in [1.165, 1.54) is 0 Å². The molecule has 0 saturated heterocycles. The van der Waals surface area contributed by atoms with Crippen LogP contribution >= 0.6 is 12.6 Å². The van der Waals surface area contributed by atoms with E-state index in [0.29, 0.717) is 0 Å². The molecule has 94 valence electrons. The van der Waals surface area contributed by atoms with E-state index in [-0.39, 0.29) is 11.8 Å². The molecule has 17 heavy (non-hydrogen) atoms. The summed E-state index contributed by atoms with van der Waals surface area (Å²) in [5, 5.41) is 2.96. The van der Waals surface area contributed by atoms with Gasteiger partial charge >= 0.3 is 0 Å². The van der Waals surface area contributed by atoms with Gasteiger partial charge in [-0.15, -0.1) is 12.6 Å². The van der Waals surface area contributed by atoms with Gasteiger partial charge in [0, 0.05) is 16.5 Å².